The van der Waals surface area contributed by atoms with Gasteiger partial charge < -0.3 is 96.9 Å². The van der Waals surface area contributed by atoms with Gasteiger partial charge >= 0.3 is 17.9 Å². The molecule has 0 saturated carbocycles. The van der Waals surface area contributed by atoms with Crippen molar-refractivity contribution < 1.29 is 73.8 Å². The number of rotatable bonds is 26. The van der Waals surface area contributed by atoms with Gasteiger partial charge in [0, 0.05) is 22.3 Å². The predicted octanol–water partition coefficient (Wildman–Crippen LogP) is -2.43. The molecule has 4 aromatic rings. The molecular formula is C54H67N15O15. The number of amides is 6. The average molecular weight is 1170 g/mol. The Bertz CT molecular complexity index is 3100. The SMILES string of the molecule is C=CCC(O)C(CC(=O)O)NC(=O)CNC(=O)c1cccc(N=C(N)N)c1.CC(O)C(CC(=O)O)NC(=O)CNC(=O)c1cccc(N=C(N)N)c1.NC(N)=Nc1cccc(C(=O)NCC(=O)NC(CC(=O)O)C(O)C#Cc2ccccc2)c1. The number of aliphatic carboxylic acids is 3. The van der Waals surface area contributed by atoms with Gasteiger partial charge in [-0.05, 0) is 80.1 Å². The molecule has 0 aromatic heterocycles. The predicted molar refractivity (Wildman–Crippen MR) is 307 cm³/mol. The number of carboxylic acids is 3. The molecule has 0 bridgehead atoms. The van der Waals surface area contributed by atoms with Crippen molar-refractivity contribution in [2.45, 2.75) is 69.0 Å². The number of guanidine groups is 3. The van der Waals surface area contributed by atoms with Crippen molar-refractivity contribution in [3.8, 4) is 11.8 Å². The zero-order valence-electron chi connectivity index (χ0n) is 45.2. The van der Waals surface area contributed by atoms with E-state index >= 15 is 0 Å². The summed E-state index contributed by atoms with van der Waals surface area (Å²) in [4.78, 5) is 117. The number of aliphatic imine (C=N–C) groups is 3. The van der Waals surface area contributed by atoms with Crippen molar-refractivity contribution >= 4 is 88.3 Å². The Morgan fingerprint density at radius 2 is 0.857 bits per heavy atom. The Hall–Kier alpha value is -10.9. The zero-order chi connectivity index (χ0) is 62.9. The minimum absolute atomic E-state index is 0.113. The average Bonchev–Trinajstić information content (AvgIpc) is 3.62. The summed E-state index contributed by atoms with van der Waals surface area (Å²) in [5.74, 6) is -2.38. The highest BCUT2D eigenvalue weighted by Crippen LogP contribution is 2.16. The molecule has 0 heterocycles. The van der Waals surface area contributed by atoms with Crippen LogP contribution in [0, 0.1) is 11.8 Å². The molecule has 0 aliphatic rings. The largest absolute Gasteiger partial charge is 0.481 e. The lowest BCUT2D eigenvalue weighted by Crippen LogP contribution is -2.48. The Kier molecular flexibility index (Phi) is 30.0. The first kappa shape index (κ1) is 69.2. The fourth-order valence-corrected chi connectivity index (χ4v) is 6.70. The number of carbonyl (C=O) groups excluding carboxylic acids is 6. The Morgan fingerprint density at radius 3 is 1.20 bits per heavy atom. The smallest absolute Gasteiger partial charge is 0.305 e. The summed E-state index contributed by atoms with van der Waals surface area (Å²) in [6.45, 7) is 3.59. The second kappa shape index (κ2) is 36.4. The topological polar surface area (TPSA) is 540 Å². The number of nitrogens with zero attached hydrogens (tertiary/aromatic N) is 3. The molecule has 0 fully saturated rings. The fourth-order valence-electron chi connectivity index (χ4n) is 6.70. The molecule has 0 aliphatic heterocycles. The van der Waals surface area contributed by atoms with Crippen LogP contribution < -0.4 is 66.3 Å². The van der Waals surface area contributed by atoms with Crippen LogP contribution in [-0.2, 0) is 28.8 Å². The van der Waals surface area contributed by atoms with Gasteiger partial charge in [-0.15, -0.1) is 6.58 Å². The normalized spacial score (nSPS) is 12.2. The lowest BCUT2D eigenvalue weighted by molar-refractivity contribution is -0.139. The summed E-state index contributed by atoms with van der Waals surface area (Å²) in [5.41, 5.74) is 34.2. The molecule has 448 valence electrons. The Balaban J connectivity index is 0.000000434. The summed E-state index contributed by atoms with van der Waals surface area (Å²) in [6, 6.07) is 24.0. The van der Waals surface area contributed by atoms with Crippen LogP contribution in [0.1, 0.15) is 69.2 Å². The molecule has 0 saturated heterocycles. The van der Waals surface area contributed by atoms with Crippen LogP contribution in [0.3, 0.4) is 0 Å². The summed E-state index contributed by atoms with van der Waals surface area (Å²) >= 11 is 0. The number of hydrogen-bond donors (Lipinski definition) is 18. The molecule has 4 rings (SSSR count). The van der Waals surface area contributed by atoms with Crippen LogP contribution >= 0.6 is 0 Å². The van der Waals surface area contributed by atoms with Gasteiger partial charge in [0.1, 0.15) is 6.10 Å². The van der Waals surface area contributed by atoms with E-state index in [-0.39, 0.29) is 47.5 Å². The molecule has 0 spiro atoms. The molecule has 0 radical (unpaired) electrons. The lowest BCUT2D eigenvalue weighted by Gasteiger charge is -2.22. The molecule has 30 heteroatoms. The monoisotopic (exact) mass is 1170 g/mol. The maximum absolute atomic E-state index is 12.3. The van der Waals surface area contributed by atoms with Gasteiger partial charge in [0.05, 0.1) is 86.3 Å². The van der Waals surface area contributed by atoms with Crippen LogP contribution in [0.25, 0.3) is 0 Å². The van der Waals surface area contributed by atoms with E-state index in [0.717, 1.165) is 0 Å². The second-order valence-electron chi connectivity index (χ2n) is 17.5. The van der Waals surface area contributed by atoms with Crippen LogP contribution in [0.5, 0.6) is 0 Å². The highest BCUT2D eigenvalue weighted by molar-refractivity contribution is 5.99. The first-order chi connectivity index (χ1) is 39.6. The molecule has 6 amide bonds. The van der Waals surface area contributed by atoms with Crippen molar-refractivity contribution in [3.05, 3.63) is 138 Å². The van der Waals surface area contributed by atoms with E-state index in [1.807, 2.05) is 0 Å². The van der Waals surface area contributed by atoms with E-state index < -0.39 is 122 Å². The lowest BCUT2D eigenvalue weighted by atomic mass is 10.0. The van der Waals surface area contributed by atoms with Crippen LogP contribution in [0.4, 0.5) is 17.1 Å². The molecule has 84 heavy (non-hydrogen) atoms. The van der Waals surface area contributed by atoms with Gasteiger partial charge in [-0.1, -0.05) is 54.3 Å². The number of benzene rings is 4. The molecule has 0 aliphatic carbocycles. The minimum atomic E-state index is -1.43. The third-order valence-corrected chi connectivity index (χ3v) is 10.5. The van der Waals surface area contributed by atoms with Crippen LogP contribution in [0.15, 0.2) is 131 Å². The van der Waals surface area contributed by atoms with Crippen molar-refractivity contribution in [2.75, 3.05) is 19.6 Å². The van der Waals surface area contributed by atoms with E-state index in [1.54, 1.807) is 66.7 Å². The Morgan fingerprint density at radius 1 is 0.512 bits per heavy atom. The first-order valence-corrected chi connectivity index (χ1v) is 24.8. The molecule has 6 atom stereocenters. The number of carboxylic acid groups (broad SMARTS) is 3. The van der Waals surface area contributed by atoms with E-state index in [9.17, 15) is 58.5 Å². The van der Waals surface area contributed by atoms with Gasteiger partial charge in [-0.2, -0.15) is 0 Å². The van der Waals surface area contributed by atoms with Gasteiger partial charge in [0.25, 0.3) is 17.7 Å². The van der Waals surface area contributed by atoms with Crippen molar-refractivity contribution in [2.24, 2.45) is 49.4 Å². The van der Waals surface area contributed by atoms with E-state index in [0.29, 0.717) is 22.6 Å². The quantitative estimate of drug-likeness (QED) is 0.0135. The van der Waals surface area contributed by atoms with Crippen molar-refractivity contribution in [3.63, 3.8) is 0 Å². The van der Waals surface area contributed by atoms with E-state index in [2.05, 4.69) is 65.3 Å². The number of aliphatic hydroxyl groups excluding tert-OH is 3. The number of aliphatic hydroxyl groups is 3. The molecule has 4 aromatic carbocycles. The zero-order valence-corrected chi connectivity index (χ0v) is 45.2. The van der Waals surface area contributed by atoms with Gasteiger partial charge in [-0.25, -0.2) is 15.0 Å². The summed E-state index contributed by atoms with van der Waals surface area (Å²) < 4.78 is 0. The summed E-state index contributed by atoms with van der Waals surface area (Å²) in [6.07, 6.45) is -3.50. The summed E-state index contributed by atoms with van der Waals surface area (Å²) in [7, 11) is 0. The number of nitrogens with two attached hydrogens (primary N) is 6. The van der Waals surface area contributed by atoms with Gasteiger partial charge in [-0.3, -0.25) is 43.2 Å². The standard InChI is InChI=1S/C22H23N5O5.C17H23N5O5.C15H21N5O5/c23-22(24)26-16-8-4-7-15(11-16)21(32)25-13-19(29)27-17(12-20(30)31)18(28)10-9-14-5-2-1-3-6-14;1-2-4-13(23)12(8-15(25)26)22-14(24)9-20-16(27)10-5-3-6-11(7-10)21-17(18)19;1-8(21)11(6-13(23)24)20-12(22)7-18-14(25)9-3-2-4-10(5-9)19-15(16)17/h1-8,11,17-18,28H,12-13H2,(H,25,32)(H,27,29)(H,30,31)(H4,23,24,26);2-3,5-7,12-13,23H,1,4,8-9H2,(H,20,27)(H,22,24)(H,25,26)(H4,18,19,21);2-5,8,11,21H,6-7H2,1H3,(H,18,25)(H,20,22)(H,23,24)(H4,16,17,19). The van der Waals surface area contributed by atoms with Crippen molar-refractivity contribution in [1.82, 2.24) is 31.9 Å². The van der Waals surface area contributed by atoms with Gasteiger partial charge in [0.15, 0.2) is 17.9 Å². The highest BCUT2D eigenvalue weighted by atomic mass is 16.4. The second-order valence-corrected chi connectivity index (χ2v) is 17.5. The minimum Gasteiger partial charge on any atom is -0.481 e. The highest BCUT2D eigenvalue weighted by Gasteiger charge is 2.25. The molecule has 30 nitrogen and oxygen atoms in total. The maximum Gasteiger partial charge on any atom is 0.305 e. The van der Waals surface area contributed by atoms with Crippen molar-refractivity contribution in [1.29, 1.82) is 0 Å². The maximum atomic E-state index is 12.3. The van der Waals surface area contributed by atoms with Crippen LogP contribution in [-0.4, -0.2) is 158 Å². The van der Waals surface area contributed by atoms with Crippen LogP contribution in [0.2, 0.25) is 0 Å². The third kappa shape index (κ3) is 28.8. The molecular weight excluding hydrogens is 1100 g/mol. The van der Waals surface area contributed by atoms with E-state index in [1.165, 1.54) is 49.4 Å². The fraction of sp³-hybridized carbons (Fsp3) is 0.259. The third-order valence-electron chi connectivity index (χ3n) is 10.5. The van der Waals surface area contributed by atoms with E-state index in [4.69, 9.17) is 49.7 Å². The Labute approximate surface area is 480 Å². The molecule has 24 N–H and O–H groups in total. The first-order valence-electron chi connectivity index (χ1n) is 24.8. The number of carbonyl (C=O) groups is 9. The number of nitrogens with one attached hydrogen (secondary N) is 6. The van der Waals surface area contributed by atoms with Gasteiger partial charge in [0.2, 0.25) is 17.7 Å². The number of hydrogen-bond acceptors (Lipinski definition) is 15. The summed E-state index contributed by atoms with van der Waals surface area (Å²) in [5, 5.41) is 70.6. The molecule has 6 unspecified atom stereocenters.